The fourth-order valence-corrected chi connectivity index (χ4v) is 4.63. The summed E-state index contributed by atoms with van der Waals surface area (Å²) < 4.78 is 1.88. The van der Waals surface area contributed by atoms with Gasteiger partial charge in [-0.1, -0.05) is 35.3 Å². The van der Waals surface area contributed by atoms with E-state index in [2.05, 4.69) is 21.4 Å². The van der Waals surface area contributed by atoms with Crippen molar-refractivity contribution < 1.29 is 4.84 Å². The number of hydrogen-bond donors (Lipinski definition) is 2. The third-order valence-electron chi connectivity index (χ3n) is 5.86. The van der Waals surface area contributed by atoms with Crippen molar-refractivity contribution in [1.82, 2.24) is 19.9 Å². The van der Waals surface area contributed by atoms with Gasteiger partial charge in [0.25, 0.3) is 0 Å². The summed E-state index contributed by atoms with van der Waals surface area (Å²) in [5, 5.41) is 1.34. The Hall–Kier alpha value is -2.25. The van der Waals surface area contributed by atoms with Crippen LogP contribution in [0.5, 0.6) is 0 Å². The zero-order valence-corrected chi connectivity index (χ0v) is 17.8. The van der Waals surface area contributed by atoms with E-state index < -0.39 is 0 Å². The lowest BCUT2D eigenvalue weighted by molar-refractivity contribution is 0.0381. The average Bonchev–Trinajstić information content (AvgIpc) is 3.32. The van der Waals surface area contributed by atoms with Crippen molar-refractivity contribution in [2.75, 3.05) is 19.6 Å². The molecule has 5 rings (SSSR count). The van der Waals surface area contributed by atoms with Gasteiger partial charge in [0.05, 0.1) is 16.7 Å². The SMILES string of the molecule is O=c1[nH]c2cc(Cl)ccc2n1C1CCN(CC2=CC(c3ccc(Cl)cc3)ON2)CC1. The number of nitrogens with one attached hydrogen (secondary N) is 2. The first-order valence-electron chi connectivity index (χ1n) is 10.1. The second kappa shape index (κ2) is 8.12. The minimum Gasteiger partial charge on any atom is -0.305 e. The molecule has 2 N–H and O–H groups in total. The van der Waals surface area contributed by atoms with Gasteiger partial charge in [-0.25, -0.2) is 4.79 Å². The number of aromatic nitrogens is 2. The van der Waals surface area contributed by atoms with E-state index in [0.29, 0.717) is 10.0 Å². The number of nitrogens with zero attached hydrogens (tertiary/aromatic N) is 2. The number of hydrogen-bond acceptors (Lipinski definition) is 4. The van der Waals surface area contributed by atoms with E-state index in [4.69, 9.17) is 28.0 Å². The topological polar surface area (TPSA) is 62.3 Å². The average molecular weight is 445 g/mol. The van der Waals surface area contributed by atoms with Gasteiger partial charge in [-0.2, -0.15) is 0 Å². The van der Waals surface area contributed by atoms with Gasteiger partial charge in [0.15, 0.2) is 0 Å². The van der Waals surface area contributed by atoms with Gasteiger partial charge in [0, 0.05) is 35.7 Å². The Balaban J connectivity index is 1.23. The number of fused-ring (bicyclic) bond motifs is 1. The van der Waals surface area contributed by atoms with Gasteiger partial charge >= 0.3 is 5.69 Å². The number of rotatable bonds is 4. The maximum atomic E-state index is 12.5. The highest BCUT2D eigenvalue weighted by Crippen LogP contribution is 2.28. The molecule has 2 aliphatic heterocycles. The van der Waals surface area contributed by atoms with E-state index >= 15 is 0 Å². The van der Waals surface area contributed by atoms with Crippen LogP contribution in [0.1, 0.15) is 30.6 Å². The predicted molar refractivity (Wildman–Crippen MR) is 119 cm³/mol. The van der Waals surface area contributed by atoms with Crippen LogP contribution in [-0.4, -0.2) is 34.1 Å². The Morgan fingerprint density at radius 1 is 1.03 bits per heavy atom. The van der Waals surface area contributed by atoms with Crippen LogP contribution < -0.4 is 11.2 Å². The number of aromatic amines is 1. The highest BCUT2D eigenvalue weighted by molar-refractivity contribution is 6.31. The first kappa shape index (κ1) is 19.7. The van der Waals surface area contributed by atoms with Crippen molar-refractivity contribution >= 4 is 34.2 Å². The van der Waals surface area contributed by atoms with Crippen molar-refractivity contribution in [3.63, 3.8) is 0 Å². The quantitative estimate of drug-likeness (QED) is 0.624. The van der Waals surface area contributed by atoms with Crippen molar-refractivity contribution in [3.05, 3.63) is 80.3 Å². The molecule has 1 atom stereocenters. The summed E-state index contributed by atoms with van der Waals surface area (Å²) in [6.45, 7) is 2.64. The lowest BCUT2D eigenvalue weighted by atomic mass is 10.0. The van der Waals surface area contributed by atoms with Crippen LogP contribution in [0.2, 0.25) is 10.0 Å². The zero-order valence-electron chi connectivity index (χ0n) is 16.3. The zero-order chi connectivity index (χ0) is 20.7. The van der Waals surface area contributed by atoms with Crippen LogP contribution in [0.15, 0.2) is 59.0 Å². The number of benzene rings is 2. The molecule has 8 heteroatoms. The molecule has 2 aliphatic rings. The molecule has 2 aromatic carbocycles. The normalized spacial score (nSPS) is 20.5. The summed E-state index contributed by atoms with van der Waals surface area (Å²) in [4.78, 5) is 23.5. The van der Waals surface area contributed by atoms with Gasteiger partial charge in [0.2, 0.25) is 0 Å². The summed E-state index contributed by atoms with van der Waals surface area (Å²) >= 11 is 12.0. The molecule has 1 unspecified atom stereocenters. The van der Waals surface area contributed by atoms with E-state index in [9.17, 15) is 4.79 Å². The smallest absolute Gasteiger partial charge is 0.305 e. The predicted octanol–water partition coefficient (Wildman–Crippen LogP) is 4.43. The number of halogens is 2. The highest BCUT2D eigenvalue weighted by Gasteiger charge is 2.26. The monoisotopic (exact) mass is 444 g/mol. The van der Waals surface area contributed by atoms with Gasteiger partial charge in [-0.15, -0.1) is 0 Å². The third-order valence-corrected chi connectivity index (χ3v) is 6.35. The summed E-state index contributed by atoms with van der Waals surface area (Å²) in [6, 6.07) is 13.4. The maximum absolute atomic E-state index is 12.5. The van der Waals surface area contributed by atoms with Gasteiger partial charge in [-0.3, -0.25) is 19.8 Å². The fraction of sp³-hybridized carbons (Fsp3) is 0.318. The van der Waals surface area contributed by atoms with E-state index in [1.807, 2.05) is 41.0 Å². The Kier molecular flexibility index (Phi) is 5.33. The molecule has 0 saturated carbocycles. The lowest BCUT2D eigenvalue weighted by Gasteiger charge is -2.32. The minimum atomic E-state index is -0.105. The Bertz CT molecular complexity index is 1140. The van der Waals surface area contributed by atoms with Crippen molar-refractivity contribution in [1.29, 1.82) is 0 Å². The Labute approximate surface area is 184 Å². The summed E-state index contributed by atoms with van der Waals surface area (Å²) in [7, 11) is 0. The van der Waals surface area contributed by atoms with Crippen LogP contribution >= 0.6 is 23.2 Å². The molecule has 6 nitrogen and oxygen atoms in total. The number of piperidine rings is 1. The Morgan fingerprint density at radius 3 is 2.53 bits per heavy atom. The first-order valence-corrected chi connectivity index (χ1v) is 10.8. The van der Waals surface area contributed by atoms with E-state index in [1.165, 1.54) is 0 Å². The van der Waals surface area contributed by atoms with Crippen LogP contribution in [0.25, 0.3) is 11.0 Å². The molecule has 30 heavy (non-hydrogen) atoms. The first-order chi connectivity index (χ1) is 14.6. The Morgan fingerprint density at radius 2 is 1.77 bits per heavy atom. The van der Waals surface area contributed by atoms with Crippen molar-refractivity contribution in [2.45, 2.75) is 25.0 Å². The molecule has 1 saturated heterocycles. The van der Waals surface area contributed by atoms with Gasteiger partial charge < -0.3 is 4.98 Å². The van der Waals surface area contributed by atoms with E-state index in [-0.39, 0.29) is 17.8 Å². The molecular formula is C22H22Cl2N4O2. The number of H-pyrrole nitrogens is 1. The minimum absolute atomic E-state index is 0.0647. The third kappa shape index (κ3) is 3.88. The van der Waals surface area contributed by atoms with Gasteiger partial charge in [-0.05, 0) is 54.8 Å². The van der Waals surface area contributed by atoms with Crippen molar-refractivity contribution in [2.24, 2.45) is 0 Å². The number of hydroxylamine groups is 1. The molecule has 1 aromatic heterocycles. The van der Waals surface area contributed by atoms with E-state index in [0.717, 1.165) is 54.8 Å². The molecule has 0 amide bonds. The summed E-state index contributed by atoms with van der Waals surface area (Å²) in [5.74, 6) is 0. The van der Waals surface area contributed by atoms with Crippen LogP contribution in [0.4, 0.5) is 0 Å². The van der Waals surface area contributed by atoms with Crippen LogP contribution in [0.3, 0.4) is 0 Å². The largest absolute Gasteiger partial charge is 0.326 e. The molecule has 3 aromatic rings. The standard InChI is InChI=1S/C22H22Cl2N4O2/c23-15-3-1-14(2-4-15)21-12-17(26-30-21)13-27-9-7-18(8-10-27)28-20-6-5-16(24)11-19(20)25-22(28)29/h1-6,11-12,18,21,26H,7-10,13H2,(H,25,29). The second-order valence-electron chi connectivity index (χ2n) is 7.85. The van der Waals surface area contributed by atoms with Gasteiger partial charge in [0.1, 0.15) is 6.10 Å². The van der Waals surface area contributed by atoms with E-state index in [1.54, 1.807) is 6.07 Å². The molecule has 0 aliphatic carbocycles. The molecule has 156 valence electrons. The molecule has 3 heterocycles. The highest BCUT2D eigenvalue weighted by atomic mass is 35.5. The van der Waals surface area contributed by atoms with Crippen LogP contribution in [0, 0.1) is 0 Å². The summed E-state index contributed by atoms with van der Waals surface area (Å²) in [6.07, 6.45) is 3.85. The molecule has 0 spiro atoms. The molecule has 0 bridgehead atoms. The summed E-state index contributed by atoms with van der Waals surface area (Å²) in [5.41, 5.74) is 6.84. The second-order valence-corrected chi connectivity index (χ2v) is 8.73. The molecular weight excluding hydrogens is 423 g/mol. The fourth-order valence-electron chi connectivity index (χ4n) is 4.33. The number of likely N-dealkylation sites (tertiary alicyclic amines) is 1. The lowest BCUT2D eigenvalue weighted by Crippen LogP contribution is -2.38. The molecule has 0 radical (unpaired) electrons. The number of imidazole rings is 1. The van der Waals surface area contributed by atoms with Crippen molar-refractivity contribution in [3.8, 4) is 0 Å². The van der Waals surface area contributed by atoms with Crippen LogP contribution in [-0.2, 0) is 4.84 Å². The maximum Gasteiger partial charge on any atom is 0.326 e. The molecule has 1 fully saturated rings.